The van der Waals surface area contributed by atoms with E-state index in [0.717, 1.165) is 0 Å². The molecule has 3 rings (SSSR count). The van der Waals surface area contributed by atoms with Gasteiger partial charge in [0.25, 0.3) is 0 Å². The second kappa shape index (κ2) is 17.7. The molecular weight excluding hydrogens is 1110 g/mol. The fourth-order valence-electron chi connectivity index (χ4n) is 4.50. The van der Waals surface area contributed by atoms with Crippen molar-refractivity contribution in [3.63, 3.8) is 0 Å². The van der Waals surface area contributed by atoms with E-state index in [1.54, 1.807) is 60.7 Å². The van der Waals surface area contributed by atoms with Gasteiger partial charge >= 0.3 is 340 Å². The summed E-state index contributed by atoms with van der Waals surface area (Å²) >= 11 is 21.0. The summed E-state index contributed by atoms with van der Waals surface area (Å²) in [5.74, 6) is -1.53. The van der Waals surface area contributed by atoms with Gasteiger partial charge in [0.15, 0.2) is 0 Å². The average molecular weight is 1140 g/mol. The van der Waals surface area contributed by atoms with Gasteiger partial charge < -0.3 is 0 Å². The number of ketones is 2. The molecule has 50 heavy (non-hydrogen) atoms. The number of hydrogen-bond acceptors (Lipinski definition) is 5. The van der Waals surface area contributed by atoms with Gasteiger partial charge in [-0.05, 0) is 0 Å². The van der Waals surface area contributed by atoms with Crippen molar-refractivity contribution >= 4 is 128 Å². The summed E-state index contributed by atoms with van der Waals surface area (Å²) < 4.78 is 103. The van der Waals surface area contributed by atoms with Gasteiger partial charge in [-0.2, -0.15) is 0 Å². The zero-order chi connectivity index (χ0) is 37.5. The monoisotopic (exact) mass is 1130 g/mol. The molecule has 0 amide bonds. The van der Waals surface area contributed by atoms with E-state index in [1.807, 2.05) is 0 Å². The van der Waals surface area contributed by atoms with Crippen LogP contribution in [0.2, 0.25) is 0 Å². The van der Waals surface area contributed by atoms with Crippen LogP contribution in [-0.4, -0.2) is 61.6 Å². The first-order valence-corrected chi connectivity index (χ1v) is 26.7. The Labute approximate surface area is 336 Å². The van der Waals surface area contributed by atoms with Crippen molar-refractivity contribution in [3.8, 4) is 5.75 Å². The third kappa shape index (κ3) is 10.7. The first kappa shape index (κ1) is 44.5. The number of carbonyl (C=O) groups excluding carboxylic acids is 2. The van der Waals surface area contributed by atoms with Gasteiger partial charge in [0, 0.05) is 0 Å². The van der Waals surface area contributed by atoms with E-state index in [0.29, 0.717) is 23.3 Å². The van der Waals surface area contributed by atoms with Gasteiger partial charge in [-0.1, -0.05) is 0 Å². The molecular formula is C30H29BBr6F6O5P2. The SMILES string of the molecule is O=C(CP(CBr)(CBr)(CBr)OB(Oc1cc(C(F)(F)F)cc(C(F)(F)F)c1)OP(CBr)(CBr)(CBr)CC(=O)c1ccccc1)c1ccccc1. The van der Waals surface area contributed by atoms with Gasteiger partial charge in [-0.25, -0.2) is 0 Å². The molecule has 0 radical (unpaired) electrons. The van der Waals surface area contributed by atoms with Gasteiger partial charge in [0.2, 0.25) is 0 Å². The third-order valence-corrected chi connectivity index (χ3v) is 37.8. The molecule has 0 aliphatic heterocycles. The molecule has 0 N–H and O–H groups in total. The Morgan fingerprint density at radius 2 is 0.880 bits per heavy atom. The van der Waals surface area contributed by atoms with Crippen molar-refractivity contribution in [2.45, 2.75) is 12.4 Å². The number of carbonyl (C=O) groups is 2. The van der Waals surface area contributed by atoms with Crippen LogP contribution in [0.4, 0.5) is 26.3 Å². The molecule has 0 fully saturated rings. The molecule has 0 unspecified atom stereocenters. The Hall–Kier alpha value is 0.105. The zero-order valence-corrected chi connectivity index (χ0v) is 37.0. The molecule has 3 aromatic rings. The Morgan fingerprint density at radius 3 is 1.16 bits per heavy atom. The van der Waals surface area contributed by atoms with E-state index in [-0.39, 0.29) is 60.4 Å². The predicted octanol–water partition coefficient (Wildman–Crippen LogP) is 12.9. The first-order valence-electron chi connectivity index (χ1n) is 14.2. The second-order valence-corrected chi connectivity index (χ2v) is 30.6. The van der Waals surface area contributed by atoms with Crippen molar-refractivity contribution < 1.29 is 49.5 Å². The van der Waals surface area contributed by atoms with Crippen LogP contribution in [-0.2, 0) is 21.2 Å². The van der Waals surface area contributed by atoms with Crippen LogP contribution >= 0.6 is 109 Å². The van der Waals surface area contributed by atoms with Crippen molar-refractivity contribution in [1.29, 1.82) is 0 Å². The summed E-state index contributed by atoms with van der Waals surface area (Å²) in [5.41, 5.74) is -2.52. The number of halogens is 12. The van der Waals surface area contributed by atoms with E-state index in [4.69, 9.17) is 13.5 Å². The molecule has 20 heteroatoms. The van der Waals surface area contributed by atoms with Crippen LogP contribution in [0.1, 0.15) is 31.8 Å². The predicted molar refractivity (Wildman–Crippen MR) is 213 cm³/mol. The molecule has 276 valence electrons. The van der Waals surface area contributed by atoms with Crippen molar-refractivity contribution in [2.75, 3.05) is 42.8 Å². The summed E-state index contributed by atoms with van der Waals surface area (Å²) in [6, 6.07) is 17.4. The van der Waals surface area contributed by atoms with Crippen LogP contribution in [0.5, 0.6) is 5.75 Å². The van der Waals surface area contributed by atoms with Crippen molar-refractivity contribution in [1.82, 2.24) is 0 Å². The van der Waals surface area contributed by atoms with Gasteiger partial charge in [-0.3, -0.25) is 0 Å². The van der Waals surface area contributed by atoms with E-state index < -0.39 is 50.2 Å². The van der Waals surface area contributed by atoms with Crippen LogP contribution in [0.15, 0.2) is 78.9 Å². The van der Waals surface area contributed by atoms with Crippen molar-refractivity contribution in [2.24, 2.45) is 0 Å². The topological polar surface area (TPSA) is 61.8 Å². The molecule has 0 saturated carbocycles. The maximum atomic E-state index is 13.9. The maximum absolute atomic E-state index is 13.9. The fraction of sp³-hybridized carbons (Fsp3) is 0.333. The summed E-state index contributed by atoms with van der Waals surface area (Å²) in [6.45, 7) is -8.04. The van der Waals surface area contributed by atoms with Crippen LogP contribution in [0.25, 0.3) is 0 Å². The number of alkyl halides is 12. The molecule has 0 bridgehead atoms. The number of Topliss-reactive ketones (excluding diaryl/α,β-unsaturated/α-hetero) is 2. The van der Waals surface area contributed by atoms with E-state index in [1.165, 1.54) is 0 Å². The molecule has 0 aromatic heterocycles. The Kier molecular flexibility index (Phi) is 15.8. The quantitative estimate of drug-likeness (QED) is 0.0418. The third-order valence-electron chi connectivity index (χ3n) is 7.65. The van der Waals surface area contributed by atoms with Crippen LogP contribution in [0, 0.1) is 0 Å². The van der Waals surface area contributed by atoms with Gasteiger partial charge in [0.05, 0.1) is 0 Å². The molecule has 0 atom stereocenters. The summed E-state index contributed by atoms with van der Waals surface area (Å²) in [7, 11) is -2.01. The molecule has 0 spiro atoms. The molecule has 5 nitrogen and oxygen atoms in total. The molecule has 0 heterocycles. The summed E-state index contributed by atoms with van der Waals surface area (Å²) in [6.07, 6.45) is -10.8. The Balaban J connectivity index is 2.26. The summed E-state index contributed by atoms with van der Waals surface area (Å²) in [5, 5.41) is 0.185. The Morgan fingerprint density at radius 1 is 0.560 bits per heavy atom. The minimum absolute atomic E-state index is 0.0223. The van der Waals surface area contributed by atoms with Gasteiger partial charge in [-0.15, -0.1) is 0 Å². The van der Waals surface area contributed by atoms with E-state index in [9.17, 15) is 35.9 Å². The van der Waals surface area contributed by atoms with Crippen molar-refractivity contribution in [3.05, 3.63) is 101 Å². The molecule has 0 saturated heterocycles. The fourth-order valence-corrected chi connectivity index (χ4v) is 29.2. The molecule has 3 aromatic carbocycles. The molecule has 0 aliphatic rings. The van der Waals surface area contributed by atoms with Crippen LogP contribution in [0.3, 0.4) is 0 Å². The van der Waals surface area contributed by atoms with Gasteiger partial charge in [0.1, 0.15) is 0 Å². The molecule has 0 aliphatic carbocycles. The minimum atomic E-state index is -5.16. The van der Waals surface area contributed by atoms with Crippen LogP contribution < -0.4 is 4.65 Å². The Bertz CT molecular complexity index is 1500. The second-order valence-electron chi connectivity index (χ2n) is 11.7. The number of benzene rings is 3. The van der Waals surface area contributed by atoms with E-state index in [2.05, 4.69) is 95.6 Å². The normalized spacial score (nSPS) is 14.2. The number of hydrogen-bond donors (Lipinski definition) is 0. The summed E-state index contributed by atoms with van der Waals surface area (Å²) in [4.78, 5) is 27.4. The average Bonchev–Trinajstić information content (AvgIpc) is 3.11. The van der Waals surface area contributed by atoms with E-state index >= 15 is 0 Å². The first-order chi connectivity index (χ1) is 23.3. The zero-order valence-electron chi connectivity index (χ0n) is 25.7. The number of rotatable bonds is 18. The standard InChI is InChI=1S/C30H29BBr6F6O5P2/c32-16-49(17-33,18-34,14-27(44)22-7-3-1-4-8-22)47-31(46-26-12-24(29(38,39)40)11-25(13-26)30(41,42)43)48-50(19-35,20-36,21-37)15-28(45)23-9-5-2-6-10-23/h1-13H,14-21H2.